The number of hydrogen-bond acceptors (Lipinski definition) is 1. The van der Waals surface area contributed by atoms with Crippen LogP contribution in [0.1, 0.15) is 40.7 Å². The summed E-state index contributed by atoms with van der Waals surface area (Å²) in [5.41, 5.74) is 10.1. The fraction of sp³-hybridized carbons (Fsp3) is 0.273. The predicted molar refractivity (Wildman–Crippen MR) is 98.6 cm³/mol. The van der Waals surface area contributed by atoms with E-state index < -0.39 is 0 Å². The first kappa shape index (κ1) is 13.2. The average Bonchev–Trinajstić information content (AvgIpc) is 2.99. The van der Waals surface area contributed by atoms with Gasteiger partial charge >= 0.3 is 0 Å². The number of allylic oxidation sites excluding steroid dienone is 2. The Hall–Kier alpha value is -2.28. The molecule has 2 aromatic rings. The monoisotopic (exact) mass is 299 g/mol. The number of fused-ring (bicyclic) bond motifs is 1. The highest BCUT2D eigenvalue weighted by atomic mass is 15.1. The molecule has 0 saturated carbocycles. The number of aryl methyl sites for hydroxylation is 2. The first-order chi connectivity index (χ1) is 11.4. The van der Waals surface area contributed by atoms with Crippen LogP contribution in [-0.4, -0.2) is 13.1 Å². The highest BCUT2D eigenvalue weighted by Crippen LogP contribution is 2.37. The van der Waals surface area contributed by atoms with Crippen molar-refractivity contribution in [3.8, 4) is 0 Å². The van der Waals surface area contributed by atoms with Crippen LogP contribution in [0.15, 0.2) is 42.5 Å². The van der Waals surface area contributed by atoms with E-state index in [1.807, 2.05) is 0 Å². The van der Waals surface area contributed by atoms with Crippen LogP contribution in [-0.2, 0) is 12.8 Å². The maximum absolute atomic E-state index is 2.61. The quantitative estimate of drug-likeness (QED) is 0.720. The minimum absolute atomic E-state index is 1.24. The van der Waals surface area contributed by atoms with Gasteiger partial charge in [0.1, 0.15) is 0 Å². The topological polar surface area (TPSA) is 3.24 Å². The lowest BCUT2D eigenvalue weighted by Gasteiger charge is -2.37. The maximum Gasteiger partial charge on any atom is 0.0431 e. The third-order valence-corrected chi connectivity index (χ3v) is 5.39. The largest absolute Gasteiger partial charge is 0.371 e. The van der Waals surface area contributed by atoms with Gasteiger partial charge in [0.2, 0.25) is 0 Å². The van der Waals surface area contributed by atoms with Crippen molar-refractivity contribution in [3.63, 3.8) is 0 Å². The van der Waals surface area contributed by atoms with E-state index in [1.165, 1.54) is 61.0 Å². The van der Waals surface area contributed by atoms with Gasteiger partial charge in [0.25, 0.3) is 0 Å². The molecule has 0 N–H and O–H groups in total. The normalized spacial score (nSPS) is 19.8. The Labute approximate surface area is 138 Å². The van der Waals surface area contributed by atoms with Crippen LogP contribution in [0.4, 0.5) is 5.69 Å². The van der Waals surface area contributed by atoms with E-state index >= 15 is 0 Å². The molecule has 0 atom stereocenters. The van der Waals surface area contributed by atoms with Gasteiger partial charge in [-0.15, -0.1) is 0 Å². The second-order valence-corrected chi connectivity index (χ2v) is 6.90. The van der Waals surface area contributed by atoms with Gasteiger partial charge in [0, 0.05) is 18.8 Å². The zero-order chi connectivity index (χ0) is 15.2. The number of hydrogen-bond donors (Lipinski definition) is 0. The molecule has 0 amide bonds. The van der Waals surface area contributed by atoms with E-state index in [2.05, 4.69) is 59.5 Å². The zero-order valence-electron chi connectivity index (χ0n) is 13.4. The number of nitrogens with zero attached hydrogens (tertiary/aromatic N) is 1. The van der Waals surface area contributed by atoms with E-state index in [-0.39, 0.29) is 0 Å². The smallest absolute Gasteiger partial charge is 0.0431 e. The van der Waals surface area contributed by atoms with Crippen molar-refractivity contribution >= 4 is 23.4 Å². The number of benzene rings is 2. The molecule has 23 heavy (non-hydrogen) atoms. The van der Waals surface area contributed by atoms with Gasteiger partial charge < -0.3 is 4.90 Å². The Kier molecular flexibility index (Phi) is 2.94. The zero-order valence-corrected chi connectivity index (χ0v) is 13.4. The summed E-state index contributed by atoms with van der Waals surface area (Å²) in [5.74, 6) is 0. The molecule has 0 aromatic heterocycles. The van der Waals surface area contributed by atoms with Crippen LogP contribution >= 0.6 is 0 Å². The molecule has 1 aliphatic carbocycles. The Bertz CT molecular complexity index is 810. The lowest BCUT2D eigenvalue weighted by atomic mass is 9.89. The highest BCUT2D eigenvalue weighted by Gasteiger charge is 2.24. The Morgan fingerprint density at radius 3 is 2.39 bits per heavy atom. The van der Waals surface area contributed by atoms with Crippen LogP contribution < -0.4 is 4.90 Å². The summed E-state index contributed by atoms with van der Waals surface area (Å²) >= 11 is 0. The van der Waals surface area contributed by atoms with Crippen molar-refractivity contribution < 1.29 is 0 Å². The molecular weight excluding hydrogens is 278 g/mol. The summed E-state index contributed by atoms with van der Waals surface area (Å²) in [7, 11) is 0. The highest BCUT2D eigenvalue weighted by molar-refractivity contribution is 5.97. The second-order valence-electron chi connectivity index (χ2n) is 6.90. The minimum atomic E-state index is 1.24. The standard InChI is InChI=1S/C22H21N/c1-2-8-21-17(5-1)9-10-18(21)13-16-14-19-6-3-11-23-12-4-7-20(15-16)22(19)23/h1-2,5,8-10,13-15H,3-4,6-7,11-12H2/b18-13+. The molecule has 0 radical (unpaired) electrons. The summed E-state index contributed by atoms with van der Waals surface area (Å²) in [6, 6.07) is 13.5. The molecule has 0 fully saturated rings. The van der Waals surface area contributed by atoms with Crippen molar-refractivity contribution in [2.24, 2.45) is 0 Å². The number of anilines is 1. The Balaban J connectivity index is 1.61. The maximum atomic E-state index is 2.61. The van der Waals surface area contributed by atoms with Crippen LogP contribution in [0, 0.1) is 0 Å². The first-order valence-corrected chi connectivity index (χ1v) is 8.78. The molecule has 3 aliphatic rings. The molecule has 0 unspecified atom stereocenters. The minimum Gasteiger partial charge on any atom is -0.371 e. The Morgan fingerprint density at radius 1 is 0.870 bits per heavy atom. The van der Waals surface area contributed by atoms with E-state index in [0.29, 0.717) is 0 Å². The van der Waals surface area contributed by atoms with Gasteiger partial charge in [-0.05, 0) is 77.3 Å². The van der Waals surface area contributed by atoms with Gasteiger partial charge in [-0.25, -0.2) is 0 Å². The molecular formula is C22H21N. The van der Waals surface area contributed by atoms with Gasteiger partial charge in [0.15, 0.2) is 0 Å². The van der Waals surface area contributed by atoms with E-state index in [9.17, 15) is 0 Å². The summed E-state index contributed by atoms with van der Waals surface area (Å²) in [4.78, 5) is 2.61. The fourth-order valence-corrected chi connectivity index (χ4v) is 4.39. The van der Waals surface area contributed by atoms with Crippen LogP contribution in [0.2, 0.25) is 0 Å². The summed E-state index contributed by atoms with van der Waals surface area (Å²) in [6.45, 7) is 2.49. The lowest BCUT2D eigenvalue weighted by molar-refractivity contribution is 0.634. The summed E-state index contributed by atoms with van der Waals surface area (Å²) < 4.78 is 0. The van der Waals surface area contributed by atoms with E-state index in [4.69, 9.17) is 0 Å². The molecule has 1 heteroatoms. The van der Waals surface area contributed by atoms with Crippen LogP contribution in [0.25, 0.3) is 17.7 Å². The van der Waals surface area contributed by atoms with Crippen molar-refractivity contribution in [1.29, 1.82) is 0 Å². The SMILES string of the molecule is C1=Cc2ccccc2/C1=C/c1cc2c3c(c1)CCCN3CCC2. The van der Waals surface area contributed by atoms with Crippen molar-refractivity contribution in [2.75, 3.05) is 18.0 Å². The summed E-state index contributed by atoms with van der Waals surface area (Å²) in [5, 5.41) is 0. The van der Waals surface area contributed by atoms with Gasteiger partial charge in [-0.2, -0.15) is 0 Å². The van der Waals surface area contributed by atoms with Gasteiger partial charge in [-0.1, -0.05) is 36.4 Å². The van der Waals surface area contributed by atoms with Gasteiger partial charge in [0.05, 0.1) is 0 Å². The average molecular weight is 299 g/mol. The fourth-order valence-electron chi connectivity index (χ4n) is 4.39. The van der Waals surface area contributed by atoms with E-state index in [1.54, 1.807) is 16.8 Å². The van der Waals surface area contributed by atoms with Crippen molar-refractivity contribution in [3.05, 3.63) is 70.3 Å². The van der Waals surface area contributed by atoms with Crippen molar-refractivity contribution in [2.45, 2.75) is 25.7 Å². The third-order valence-electron chi connectivity index (χ3n) is 5.39. The van der Waals surface area contributed by atoms with Gasteiger partial charge in [-0.3, -0.25) is 0 Å². The molecule has 0 bridgehead atoms. The molecule has 5 rings (SSSR count). The molecule has 0 saturated heterocycles. The second kappa shape index (κ2) is 5.13. The molecule has 2 aromatic carbocycles. The first-order valence-electron chi connectivity index (χ1n) is 8.78. The van der Waals surface area contributed by atoms with Crippen molar-refractivity contribution in [1.82, 2.24) is 0 Å². The Morgan fingerprint density at radius 2 is 1.61 bits per heavy atom. The molecule has 2 heterocycles. The van der Waals surface area contributed by atoms with Crippen LogP contribution in [0.5, 0.6) is 0 Å². The third kappa shape index (κ3) is 2.15. The molecule has 114 valence electrons. The van der Waals surface area contributed by atoms with Crippen LogP contribution in [0.3, 0.4) is 0 Å². The molecule has 2 aliphatic heterocycles. The predicted octanol–water partition coefficient (Wildman–Crippen LogP) is 4.95. The molecule has 0 spiro atoms. The summed E-state index contributed by atoms with van der Waals surface area (Å²) in [6.07, 6.45) is 11.9. The van der Waals surface area contributed by atoms with E-state index in [0.717, 1.165) is 0 Å². The molecule has 1 nitrogen and oxygen atoms in total. The lowest BCUT2D eigenvalue weighted by Crippen LogP contribution is -2.34. The number of rotatable bonds is 1.